The van der Waals surface area contributed by atoms with Crippen LogP contribution in [-0.4, -0.2) is 46.8 Å². The van der Waals surface area contributed by atoms with E-state index in [0.717, 1.165) is 23.2 Å². The third-order valence-electron chi connectivity index (χ3n) is 4.51. The van der Waals surface area contributed by atoms with Gasteiger partial charge in [-0.05, 0) is 30.3 Å². The van der Waals surface area contributed by atoms with Crippen molar-refractivity contribution >= 4 is 35.1 Å². The number of anilines is 1. The number of hydrogen-bond donors (Lipinski definition) is 2. The van der Waals surface area contributed by atoms with E-state index in [4.69, 9.17) is 4.74 Å². The zero-order valence-corrected chi connectivity index (χ0v) is 16.4. The van der Waals surface area contributed by atoms with Gasteiger partial charge in [-0.2, -0.15) is 0 Å². The third kappa shape index (κ3) is 5.41. The lowest BCUT2D eigenvalue weighted by molar-refractivity contribution is -0.385. The molecule has 2 aromatic rings. The fraction of sp³-hybridized carbons (Fsp3) is 0.200. The van der Waals surface area contributed by atoms with Gasteiger partial charge in [-0.1, -0.05) is 12.1 Å². The Hall–Kier alpha value is -4.35. The Morgan fingerprint density at radius 2 is 1.84 bits per heavy atom. The normalized spacial score (nSPS) is 15.2. The van der Waals surface area contributed by atoms with Crippen molar-refractivity contribution in [2.45, 2.75) is 6.42 Å². The van der Waals surface area contributed by atoms with Crippen molar-refractivity contribution in [1.82, 2.24) is 10.4 Å². The number of nitro groups is 1. The van der Waals surface area contributed by atoms with E-state index < -0.39 is 52.6 Å². The van der Waals surface area contributed by atoms with Crippen molar-refractivity contribution in [3.05, 3.63) is 70.0 Å². The Bertz CT molecular complexity index is 1070. The fourth-order valence-corrected chi connectivity index (χ4v) is 2.97. The standard InChI is InChI=1S/C20H17FN4O7/c21-13-5-7-14(8-6-13)22-17(26)11-32-20(29)12-9-18(27)24(10-12)23-19(28)15-3-1-2-4-16(15)25(30)31/h1-8,12H,9-11H2,(H,22,26)(H,23,28)/t12-/m0/s1. The molecule has 166 valence electrons. The van der Waals surface area contributed by atoms with Crippen molar-refractivity contribution in [2.75, 3.05) is 18.5 Å². The van der Waals surface area contributed by atoms with Crippen molar-refractivity contribution in [2.24, 2.45) is 5.92 Å². The molecule has 1 saturated heterocycles. The molecule has 1 atom stereocenters. The average Bonchev–Trinajstić information content (AvgIpc) is 3.13. The second-order valence-corrected chi connectivity index (χ2v) is 6.78. The molecule has 2 N–H and O–H groups in total. The summed E-state index contributed by atoms with van der Waals surface area (Å²) in [5.74, 6) is -4.36. The number of rotatable bonds is 7. The minimum atomic E-state index is -0.938. The Labute approximate surface area is 180 Å². The van der Waals surface area contributed by atoms with E-state index in [1.54, 1.807) is 0 Å². The molecule has 0 bridgehead atoms. The molecular weight excluding hydrogens is 427 g/mol. The molecular formula is C20H17FN4O7. The number of carbonyl (C=O) groups is 4. The minimum Gasteiger partial charge on any atom is -0.455 e. The van der Waals surface area contributed by atoms with Gasteiger partial charge >= 0.3 is 5.97 Å². The summed E-state index contributed by atoms with van der Waals surface area (Å²) in [6.45, 7) is -0.840. The molecule has 0 saturated carbocycles. The largest absolute Gasteiger partial charge is 0.455 e. The molecule has 0 aliphatic carbocycles. The monoisotopic (exact) mass is 444 g/mol. The summed E-state index contributed by atoms with van der Waals surface area (Å²) >= 11 is 0. The number of nitrogens with zero attached hydrogens (tertiary/aromatic N) is 2. The lowest BCUT2D eigenvalue weighted by atomic mass is 10.1. The lowest BCUT2D eigenvalue weighted by Gasteiger charge is -2.17. The summed E-state index contributed by atoms with van der Waals surface area (Å²) in [5, 5.41) is 14.4. The maximum absolute atomic E-state index is 12.9. The van der Waals surface area contributed by atoms with Gasteiger partial charge in [0.1, 0.15) is 11.4 Å². The molecule has 0 spiro atoms. The van der Waals surface area contributed by atoms with Gasteiger partial charge < -0.3 is 10.1 Å². The number of esters is 1. The van der Waals surface area contributed by atoms with Crippen LogP contribution in [0.25, 0.3) is 0 Å². The number of nitrogens with one attached hydrogen (secondary N) is 2. The second kappa shape index (κ2) is 9.64. The van der Waals surface area contributed by atoms with Crippen LogP contribution in [0.3, 0.4) is 0 Å². The van der Waals surface area contributed by atoms with E-state index in [1.165, 1.54) is 30.3 Å². The van der Waals surface area contributed by atoms with Crippen LogP contribution in [0.15, 0.2) is 48.5 Å². The number of benzene rings is 2. The van der Waals surface area contributed by atoms with Gasteiger partial charge in [-0.3, -0.25) is 39.7 Å². The highest BCUT2D eigenvalue weighted by Gasteiger charge is 2.37. The number of para-hydroxylation sites is 1. The smallest absolute Gasteiger partial charge is 0.311 e. The highest BCUT2D eigenvalue weighted by Crippen LogP contribution is 2.20. The number of carbonyl (C=O) groups excluding carboxylic acids is 4. The Morgan fingerprint density at radius 1 is 1.16 bits per heavy atom. The molecule has 0 unspecified atom stereocenters. The molecule has 3 rings (SSSR count). The topological polar surface area (TPSA) is 148 Å². The number of amides is 3. The van der Waals surface area contributed by atoms with Crippen LogP contribution < -0.4 is 10.7 Å². The maximum Gasteiger partial charge on any atom is 0.311 e. The Morgan fingerprint density at radius 3 is 2.53 bits per heavy atom. The van der Waals surface area contributed by atoms with Crippen molar-refractivity contribution < 1.29 is 33.2 Å². The molecule has 1 aliphatic rings. The predicted molar refractivity (Wildman–Crippen MR) is 106 cm³/mol. The van der Waals surface area contributed by atoms with Crippen LogP contribution in [0.2, 0.25) is 0 Å². The molecule has 2 aromatic carbocycles. The predicted octanol–water partition coefficient (Wildman–Crippen LogP) is 1.41. The first-order chi connectivity index (χ1) is 15.2. The molecule has 1 fully saturated rings. The molecule has 11 nitrogen and oxygen atoms in total. The van der Waals surface area contributed by atoms with E-state index in [2.05, 4.69) is 10.7 Å². The number of hydrogen-bond acceptors (Lipinski definition) is 7. The Kier molecular flexibility index (Phi) is 6.73. The first kappa shape index (κ1) is 22.3. The quantitative estimate of drug-likeness (QED) is 0.373. The van der Waals surface area contributed by atoms with Gasteiger partial charge in [0.25, 0.3) is 17.5 Å². The maximum atomic E-state index is 12.9. The number of ether oxygens (including phenoxy) is 1. The van der Waals surface area contributed by atoms with Crippen LogP contribution >= 0.6 is 0 Å². The molecule has 1 heterocycles. The SMILES string of the molecule is O=C(COC(=O)[C@H]1CC(=O)N(NC(=O)c2ccccc2[N+](=O)[O-])C1)Nc1ccc(F)cc1. The third-order valence-corrected chi connectivity index (χ3v) is 4.51. The Balaban J connectivity index is 1.52. The van der Waals surface area contributed by atoms with E-state index in [9.17, 15) is 33.7 Å². The van der Waals surface area contributed by atoms with Crippen LogP contribution in [0.1, 0.15) is 16.8 Å². The van der Waals surface area contributed by atoms with E-state index in [1.807, 2.05) is 0 Å². The number of nitro benzene ring substituents is 1. The van der Waals surface area contributed by atoms with E-state index in [0.29, 0.717) is 5.69 Å². The summed E-state index contributed by atoms with van der Waals surface area (Å²) in [4.78, 5) is 58.9. The van der Waals surface area contributed by atoms with Crippen LogP contribution in [0.5, 0.6) is 0 Å². The first-order valence-corrected chi connectivity index (χ1v) is 9.31. The summed E-state index contributed by atoms with van der Waals surface area (Å²) in [7, 11) is 0. The minimum absolute atomic E-state index is 0.219. The number of hydrazine groups is 1. The van der Waals surface area contributed by atoms with Gasteiger partial charge in [0, 0.05) is 18.2 Å². The molecule has 12 heteroatoms. The van der Waals surface area contributed by atoms with Gasteiger partial charge in [0.2, 0.25) is 5.91 Å². The van der Waals surface area contributed by atoms with Crippen molar-refractivity contribution in [3.8, 4) is 0 Å². The fourth-order valence-electron chi connectivity index (χ4n) is 2.97. The first-order valence-electron chi connectivity index (χ1n) is 9.31. The number of halogens is 1. The molecule has 3 amide bonds. The van der Waals surface area contributed by atoms with Gasteiger partial charge in [-0.15, -0.1) is 0 Å². The molecule has 0 aromatic heterocycles. The van der Waals surface area contributed by atoms with E-state index >= 15 is 0 Å². The van der Waals surface area contributed by atoms with Gasteiger partial charge in [0.05, 0.1) is 17.4 Å². The average molecular weight is 444 g/mol. The van der Waals surface area contributed by atoms with Crippen LogP contribution in [-0.2, 0) is 19.1 Å². The van der Waals surface area contributed by atoms with Crippen LogP contribution in [0, 0.1) is 21.8 Å². The zero-order valence-electron chi connectivity index (χ0n) is 16.4. The lowest BCUT2D eigenvalue weighted by Crippen LogP contribution is -2.43. The summed E-state index contributed by atoms with van der Waals surface area (Å²) in [6.07, 6.45) is -0.268. The van der Waals surface area contributed by atoms with Crippen molar-refractivity contribution in [3.63, 3.8) is 0 Å². The van der Waals surface area contributed by atoms with Crippen molar-refractivity contribution in [1.29, 1.82) is 0 Å². The summed E-state index contributed by atoms with van der Waals surface area (Å²) < 4.78 is 17.8. The summed E-state index contributed by atoms with van der Waals surface area (Å²) in [6, 6.07) is 10.2. The molecule has 32 heavy (non-hydrogen) atoms. The van der Waals surface area contributed by atoms with Gasteiger partial charge in [-0.25, -0.2) is 4.39 Å². The zero-order chi connectivity index (χ0) is 23.3. The molecule has 1 aliphatic heterocycles. The van der Waals surface area contributed by atoms with Gasteiger partial charge in [0.15, 0.2) is 6.61 Å². The van der Waals surface area contributed by atoms with Crippen LogP contribution in [0.4, 0.5) is 15.8 Å². The van der Waals surface area contributed by atoms with E-state index in [-0.39, 0.29) is 18.5 Å². The molecule has 0 radical (unpaired) electrons. The highest BCUT2D eigenvalue weighted by molar-refractivity contribution is 5.99. The second-order valence-electron chi connectivity index (χ2n) is 6.78. The highest BCUT2D eigenvalue weighted by atomic mass is 19.1. The summed E-state index contributed by atoms with van der Waals surface area (Å²) in [5.41, 5.74) is 1.89.